The molecule has 0 radical (unpaired) electrons. The molecule has 0 bridgehead atoms. The van der Waals surface area contributed by atoms with Crippen LogP contribution in [0, 0.1) is 0 Å². The first-order chi connectivity index (χ1) is 12.1. The third-order valence-electron chi connectivity index (χ3n) is 5.10. The van der Waals surface area contributed by atoms with Gasteiger partial charge in [0, 0.05) is 59.4 Å². The minimum absolute atomic E-state index is 0.00489. The summed E-state index contributed by atoms with van der Waals surface area (Å²) in [7, 11) is 3.31. The highest BCUT2D eigenvalue weighted by atomic mass is 16.5. The molecule has 0 unspecified atom stereocenters. The van der Waals surface area contributed by atoms with E-state index in [-0.39, 0.29) is 11.8 Å². The lowest BCUT2D eigenvalue weighted by Gasteiger charge is -2.41. The van der Waals surface area contributed by atoms with Gasteiger partial charge in [-0.2, -0.15) is 0 Å². The van der Waals surface area contributed by atoms with E-state index >= 15 is 0 Å². The normalized spacial score (nSPS) is 25.3. The Labute approximate surface area is 150 Å². The van der Waals surface area contributed by atoms with Crippen LogP contribution in [0.3, 0.4) is 0 Å². The number of hydrogen-bond acceptors (Lipinski definition) is 5. The predicted molar refractivity (Wildman–Crippen MR) is 95.3 cm³/mol. The van der Waals surface area contributed by atoms with Crippen molar-refractivity contribution in [3.63, 3.8) is 0 Å². The number of amides is 2. The fraction of sp³-hybridized carbons (Fsp3) is 0.778. The summed E-state index contributed by atoms with van der Waals surface area (Å²) in [5, 5.41) is 2.64. The van der Waals surface area contributed by atoms with E-state index in [1.807, 2.05) is 11.0 Å². The Morgan fingerprint density at radius 1 is 1.28 bits per heavy atom. The molecule has 142 valence electrons. The first kappa shape index (κ1) is 19.9. The van der Waals surface area contributed by atoms with Gasteiger partial charge < -0.3 is 19.7 Å². The molecular formula is C18H31N3O4. The summed E-state index contributed by atoms with van der Waals surface area (Å²) >= 11 is 0. The molecule has 7 nitrogen and oxygen atoms in total. The summed E-state index contributed by atoms with van der Waals surface area (Å²) in [6, 6.07) is 0. The number of methoxy groups -OCH3 is 1. The van der Waals surface area contributed by atoms with Crippen molar-refractivity contribution in [2.24, 2.45) is 0 Å². The Balaban J connectivity index is 1.85. The Morgan fingerprint density at radius 3 is 2.72 bits per heavy atom. The molecule has 2 fully saturated rings. The van der Waals surface area contributed by atoms with Gasteiger partial charge in [-0.05, 0) is 19.3 Å². The molecule has 2 heterocycles. The first-order valence-corrected chi connectivity index (χ1v) is 9.10. The molecule has 2 amide bonds. The standard InChI is InChI=1S/C18H31N3O4/c1-19-16(22)6-8-18(24-2)7-4-10-21(15-18)17(23)5-3-9-20-11-13-25-14-12-20/h3,5H,4,6-15H2,1-2H3,(H,19,22)/b5-3+/t18-/m0/s1. The van der Waals surface area contributed by atoms with Crippen LogP contribution < -0.4 is 5.32 Å². The molecule has 7 heteroatoms. The molecule has 0 spiro atoms. The van der Waals surface area contributed by atoms with Crippen LogP contribution in [0.2, 0.25) is 0 Å². The maximum Gasteiger partial charge on any atom is 0.246 e. The molecule has 25 heavy (non-hydrogen) atoms. The summed E-state index contributed by atoms with van der Waals surface area (Å²) < 4.78 is 11.1. The molecule has 1 atom stereocenters. The molecule has 2 saturated heterocycles. The number of morpholine rings is 1. The summed E-state index contributed by atoms with van der Waals surface area (Å²) in [4.78, 5) is 28.2. The maximum absolute atomic E-state index is 12.5. The number of likely N-dealkylation sites (tertiary alicyclic amines) is 1. The summed E-state index contributed by atoms with van der Waals surface area (Å²) in [6.45, 7) is 5.40. The van der Waals surface area contributed by atoms with E-state index in [0.29, 0.717) is 19.4 Å². The van der Waals surface area contributed by atoms with Gasteiger partial charge in [-0.1, -0.05) is 6.08 Å². The number of carbonyl (C=O) groups excluding carboxylic acids is 2. The average molecular weight is 353 g/mol. The van der Waals surface area contributed by atoms with Gasteiger partial charge >= 0.3 is 0 Å². The number of piperidine rings is 1. The van der Waals surface area contributed by atoms with E-state index < -0.39 is 5.60 Å². The van der Waals surface area contributed by atoms with E-state index in [4.69, 9.17) is 9.47 Å². The monoisotopic (exact) mass is 353 g/mol. The number of hydrogen-bond donors (Lipinski definition) is 1. The fourth-order valence-electron chi connectivity index (χ4n) is 3.42. The van der Waals surface area contributed by atoms with Crippen molar-refractivity contribution >= 4 is 11.8 Å². The van der Waals surface area contributed by atoms with Crippen molar-refractivity contribution in [3.8, 4) is 0 Å². The quantitative estimate of drug-likeness (QED) is 0.671. The molecule has 0 aromatic carbocycles. The molecule has 2 aliphatic heterocycles. The molecular weight excluding hydrogens is 322 g/mol. The van der Waals surface area contributed by atoms with Gasteiger partial charge in [-0.25, -0.2) is 0 Å². The third-order valence-corrected chi connectivity index (χ3v) is 5.10. The number of nitrogens with zero attached hydrogens (tertiary/aromatic N) is 2. The van der Waals surface area contributed by atoms with Gasteiger partial charge in [0.1, 0.15) is 0 Å². The van der Waals surface area contributed by atoms with Crippen LogP contribution in [0.5, 0.6) is 0 Å². The largest absolute Gasteiger partial charge is 0.379 e. The minimum atomic E-state index is -0.418. The summed E-state index contributed by atoms with van der Waals surface area (Å²) in [5.41, 5.74) is -0.418. The Morgan fingerprint density at radius 2 is 2.04 bits per heavy atom. The number of nitrogens with one attached hydrogen (secondary N) is 1. The maximum atomic E-state index is 12.5. The molecule has 0 aliphatic carbocycles. The Kier molecular flexibility index (Phi) is 7.87. The number of ether oxygens (including phenoxy) is 2. The average Bonchev–Trinajstić information content (AvgIpc) is 2.67. The first-order valence-electron chi connectivity index (χ1n) is 9.10. The van der Waals surface area contributed by atoms with Gasteiger partial charge in [-0.15, -0.1) is 0 Å². The van der Waals surface area contributed by atoms with Crippen LogP contribution >= 0.6 is 0 Å². The van der Waals surface area contributed by atoms with Crippen molar-refractivity contribution in [2.75, 3.05) is 60.1 Å². The van der Waals surface area contributed by atoms with Gasteiger partial charge in [-0.3, -0.25) is 14.5 Å². The van der Waals surface area contributed by atoms with Crippen LogP contribution in [0.1, 0.15) is 25.7 Å². The van der Waals surface area contributed by atoms with Crippen molar-refractivity contribution in [1.29, 1.82) is 0 Å². The van der Waals surface area contributed by atoms with Crippen LogP contribution in [0.15, 0.2) is 12.2 Å². The van der Waals surface area contributed by atoms with Gasteiger partial charge in [0.05, 0.1) is 18.8 Å². The second-order valence-electron chi connectivity index (χ2n) is 6.74. The zero-order valence-corrected chi connectivity index (χ0v) is 15.5. The highest BCUT2D eigenvalue weighted by Gasteiger charge is 2.36. The lowest BCUT2D eigenvalue weighted by molar-refractivity contribution is -0.137. The topological polar surface area (TPSA) is 71.1 Å². The molecule has 2 rings (SSSR count). The predicted octanol–water partition coefficient (Wildman–Crippen LogP) is 0.409. The van der Waals surface area contributed by atoms with Crippen molar-refractivity contribution < 1.29 is 19.1 Å². The second kappa shape index (κ2) is 9.89. The summed E-state index contributed by atoms with van der Waals surface area (Å²) in [5.74, 6) is 0.0274. The van der Waals surface area contributed by atoms with Crippen molar-refractivity contribution in [2.45, 2.75) is 31.3 Å². The van der Waals surface area contributed by atoms with Crippen LogP contribution in [-0.2, 0) is 19.1 Å². The lowest BCUT2D eigenvalue weighted by Crippen LogP contribution is -2.51. The smallest absolute Gasteiger partial charge is 0.246 e. The third kappa shape index (κ3) is 6.09. The van der Waals surface area contributed by atoms with Crippen molar-refractivity contribution in [1.82, 2.24) is 15.1 Å². The van der Waals surface area contributed by atoms with Gasteiger partial charge in [0.15, 0.2) is 0 Å². The van der Waals surface area contributed by atoms with Crippen LogP contribution in [0.4, 0.5) is 0 Å². The molecule has 0 aromatic rings. The van der Waals surface area contributed by atoms with Gasteiger partial charge in [0.25, 0.3) is 0 Å². The van der Waals surface area contributed by atoms with Gasteiger partial charge in [0.2, 0.25) is 11.8 Å². The van der Waals surface area contributed by atoms with E-state index in [0.717, 1.165) is 52.2 Å². The van der Waals surface area contributed by atoms with Crippen LogP contribution in [-0.4, -0.2) is 87.3 Å². The molecule has 2 aliphatic rings. The zero-order chi connectivity index (χ0) is 18.1. The SMILES string of the molecule is CNC(=O)CC[C@@]1(OC)CCCN(C(=O)/C=C/CN2CCOCC2)C1. The van der Waals surface area contributed by atoms with E-state index in [1.54, 1.807) is 20.2 Å². The number of rotatable bonds is 7. The highest BCUT2D eigenvalue weighted by molar-refractivity contribution is 5.87. The van der Waals surface area contributed by atoms with Crippen molar-refractivity contribution in [3.05, 3.63) is 12.2 Å². The lowest BCUT2D eigenvalue weighted by atomic mass is 9.87. The molecule has 0 aromatic heterocycles. The van der Waals surface area contributed by atoms with E-state index in [2.05, 4.69) is 10.2 Å². The molecule has 0 saturated carbocycles. The van der Waals surface area contributed by atoms with E-state index in [1.165, 1.54) is 0 Å². The number of carbonyl (C=O) groups is 2. The second-order valence-corrected chi connectivity index (χ2v) is 6.74. The highest BCUT2D eigenvalue weighted by Crippen LogP contribution is 2.29. The summed E-state index contributed by atoms with van der Waals surface area (Å²) in [6.07, 6.45) is 6.41. The van der Waals surface area contributed by atoms with Crippen LogP contribution in [0.25, 0.3) is 0 Å². The fourth-order valence-corrected chi connectivity index (χ4v) is 3.42. The zero-order valence-electron chi connectivity index (χ0n) is 15.5. The molecule has 1 N–H and O–H groups in total. The van der Waals surface area contributed by atoms with E-state index in [9.17, 15) is 9.59 Å². The Bertz CT molecular complexity index is 477. The minimum Gasteiger partial charge on any atom is -0.379 e. The Hall–Kier alpha value is -1.44.